The van der Waals surface area contributed by atoms with Gasteiger partial charge in [0.05, 0.1) is 11.3 Å². The fraction of sp³-hybridized carbons (Fsp3) is 0.308. The van der Waals surface area contributed by atoms with Crippen molar-refractivity contribution in [2.24, 2.45) is 11.8 Å². The molecule has 0 aliphatic carbocycles. The van der Waals surface area contributed by atoms with Crippen LogP contribution in [0.3, 0.4) is 0 Å². The Bertz CT molecular complexity index is 500. The monoisotopic (exact) mass is 247 g/mol. The van der Waals surface area contributed by atoms with Crippen molar-refractivity contribution < 1.29 is 19.5 Å². The van der Waals surface area contributed by atoms with Gasteiger partial charge in [-0.1, -0.05) is 13.8 Å². The Morgan fingerprint density at radius 3 is 1.89 bits per heavy atom. The summed E-state index contributed by atoms with van der Waals surface area (Å²) in [5, 5.41) is 8.78. The maximum absolute atomic E-state index is 11.9. The predicted octanol–water partition coefficient (Wildman–Crippen LogP) is 1.53. The summed E-state index contributed by atoms with van der Waals surface area (Å²) in [7, 11) is 0. The highest BCUT2D eigenvalue weighted by Crippen LogP contribution is 2.30. The third-order valence-electron chi connectivity index (χ3n) is 3.34. The quantitative estimate of drug-likeness (QED) is 0.804. The molecule has 0 saturated carbocycles. The zero-order chi connectivity index (χ0) is 13.4. The van der Waals surface area contributed by atoms with Crippen LogP contribution in [0.1, 0.15) is 24.2 Å². The average molecular weight is 247 g/mol. The Hall–Kier alpha value is -2.17. The number of carboxylic acid groups (broad SMARTS) is 1. The van der Waals surface area contributed by atoms with Crippen molar-refractivity contribution in [2.75, 3.05) is 4.90 Å². The topological polar surface area (TPSA) is 74.7 Å². The highest BCUT2D eigenvalue weighted by Gasteiger charge is 2.42. The van der Waals surface area contributed by atoms with Crippen molar-refractivity contribution in [1.29, 1.82) is 0 Å². The van der Waals surface area contributed by atoms with E-state index in [2.05, 4.69) is 0 Å². The molecule has 2 atom stereocenters. The molecule has 1 heterocycles. The molecule has 1 aromatic rings. The summed E-state index contributed by atoms with van der Waals surface area (Å²) in [6, 6.07) is 5.71. The van der Waals surface area contributed by atoms with E-state index in [-0.39, 0.29) is 29.2 Å². The van der Waals surface area contributed by atoms with Crippen LogP contribution in [0.2, 0.25) is 0 Å². The maximum Gasteiger partial charge on any atom is 0.335 e. The molecule has 5 heteroatoms. The van der Waals surface area contributed by atoms with E-state index >= 15 is 0 Å². The van der Waals surface area contributed by atoms with Crippen molar-refractivity contribution in [3.63, 3.8) is 0 Å². The van der Waals surface area contributed by atoms with Gasteiger partial charge in [0.1, 0.15) is 0 Å². The summed E-state index contributed by atoms with van der Waals surface area (Å²) in [5.74, 6) is -2.19. The normalized spacial score (nSPS) is 23.6. The van der Waals surface area contributed by atoms with E-state index in [9.17, 15) is 14.4 Å². The van der Waals surface area contributed by atoms with Crippen LogP contribution in [0.25, 0.3) is 0 Å². The fourth-order valence-corrected chi connectivity index (χ4v) is 1.95. The molecule has 2 rings (SSSR count). The van der Waals surface area contributed by atoms with Crippen molar-refractivity contribution in [3.8, 4) is 0 Å². The number of nitrogens with zero attached hydrogens (tertiary/aromatic N) is 1. The molecule has 1 aromatic carbocycles. The molecule has 1 aliphatic heterocycles. The number of hydrogen-bond acceptors (Lipinski definition) is 3. The second-order valence-electron chi connectivity index (χ2n) is 4.44. The lowest BCUT2D eigenvalue weighted by Gasteiger charge is -2.14. The number of rotatable bonds is 2. The van der Waals surface area contributed by atoms with Gasteiger partial charge >= 0.3 is 5.97 Å². The van der Waals surface area contributed by atoms with Gasteiger partial charge in [-0.05, 0) is 24.3 Å². The summed E-state index contributed by atoms with van der Waals surface area (Å²) in [5.41, 5.74) is 0.546. The summed E-state index contributed by atoms with van der Waals surface area (Å²) < 4.78 is 0. The zero-order valence-corrected chi connectivity index (χ0v) is 10.1. The molecule has 1 saturated heterocycles. The summed E-state index contributed by atoms with van der Waals surface area (Å²) in [6.45, 7) is 3.44. The van der Waals surface area contributed by atoms with Crippen LogP contribution in [0.5, 0.6) is 0 Å². The number of imide groups is 1. The number of carbonyl (C=O) groups excluding carboxylic acids is 2. The predicted molar refractivity (Wildman–Crippen MR) is 64.2 cm³/mol. The first-order chi connectivity index (χ1) is 8.43. The first-order valence-corrected chi connectivity index (χ1v) is 5.64. The van der Waals surface area contributed by atoms with E-state index in [4.69, 9.17) is 5.11 Å². The Morgan fingerprint density at radius 2 is 1.50 bits per heavy atom. The van der Waals surface area contributed by atoms with E-state index in [1.165, 1.54) is 24.3 Å². The van der Waals surface area contributed by atoms with Crippen molar-refractivity contribution in [1.82, 2.24) is 0 Å². The Balaban J connectivity index is 2.35. The van der Waals surface area contributed by atoms with Crippen molar-refractivity contribution >= 4 is 23.5 Å². The average Bonchev–Trinajstić information content (AvgIpc) is 2.54. The van der Waals surface area contributed by atoms with E-state index in [0.717, 1.165) is 4.90 Å². The first-order valence-electron chi connectivity index (χ1n) is 5.64. The SMILES string of the molecule is CC1C(=O)N(c2ccc(C(=O)O)cc2)C(=O)C1C. The smallest absolute Gasteiger partial charge is 0.335 e. The number of amides is 2. The molecular formula is C13H13NO4. The minimum absolute atomic E-state index is 0.124. The van der Waals surface area contributed by atoms with Crippen LogP contribution in [-0.2, 0) is 9.59 Å². The van der Waals surface area contributed by atoms with Gasteiger partial charge in [-0.15, -0.1) is 0 Å². The van der Waals surface area contributed by atoms with Crippen LogP contribution in [-0.4, -0.2) is 22.9 Å². The van der Waals surface area contributed by atoms with Gasteiger partial charge in [-0.2, -0.15) is 0 Å². The van der Waals surface area contributed by atoms with Gasteiger partial charge < -0.3 is 5.11 Å². The van der Waals surface area contributed by atoms with Crippen LogP contribution in [0.4, 0.5) is 5.69 Å². The number of benzene rings is 1. The first kappa shape index (κ1) is 12.3. The van der Waals surface area contributed by atoms with Crippen LogP contribution in [0, 0.1) is 11.8 Å². The molecule has 18 heavy (non-hydrogen) atoms. The number of hydrogen-bond donors (Lipinski definition) is 1. The third kappa shape index (κ3) is 1.77. The van der Waals surface area contributed by atoms with Crippen LogP contribution >= 0.6 is 0 Å². The number of aromatic carboxylic acids is 1. The Morgan fingerprint density at radius 1 is 1.06 bits per heavy atom. The molecule has 1 N–H and O–H groups in total. The second kappa shape index (κ2) is 4.25. The number of carbonyl (C=O) groups is 3. The van der Waals surface area contributed by atoms with E-state index in [1.807, 2.05) is 0 Å². The van der Waals surface area contributed by atoms with E-state index < -0.39 is 5.97 Å². The standard InChI is InChI=1S/C13H13NO4/c1-7-8(2)12(16)14(11(7)15)10-5-3-9(4-6-10)13(17)18/h3-8H,1-2H3,(H,17,18). The highest BCUT2D eigenvalue weighted by atomic mass is 16.4. The largest absolute Gasteiger partial charge is 0.478 e. The maximum atomic E-state index is 11.9. The molecule has 0 bridgehead atoms. The minimum atomic E-state index is -1.04. The molecule has 2 amide bonds. The summed E-state index contributed by atoms with van der Waals surface area (Å²) >= 11 is 0. The van der Waals surface area contributed by atoms with Crippen molar-refractivity contribution in [2.45, 2.75) is 13.8 Å². The van der Waals surface area contributed by atoms with Gasteiger partial charge in [0.15, 0.2) is 0 Å². The van der Waals surface area contributed by atoms with E-state index in [1.54, 1.807) is 13.8 Å². The lowest BCUT2D eigenvalue weighted by molar-refractivity contribution is -0.122. The fourth-order valence-electron chi connectivity index (χ4n) is 1.95. The second-order valence-corrected chi connectivity index (χ2v) is 4.44. The molecule has 1 aliphatic rings. The number of carboxylic acids is 1. The molecular weight excluding hydrogens is 234 g/mol. The van der Waals surface area contributed by atoms with Crippen LogP contribution in [0.15, 0.2) is 24.3 Å². The van der Waals surface area contributed by atoms with Gasteiger partial charge in [0, 0.05) is 11.8 Å². The van der Waals surface area contributed by atoms with Crippen molar-refractivity contribution in [3.05, 3.63) is 29.8 Å². The van der Waals surface area contributed by atoms with E-state index in [0.29, 0.717) is 5.69 Å². The van der Waals surface area contributed by atoms with Gasteiger partial charge in [0.2, 0.25) is 11.8 Å². The molecule has 94 valence electrons. The Kier molecular flexibility index (Phi) is 2.90. The number of anilines is 1. The minimum Gasteiger partial charge on any atom is -0.478 e. The van der Waals surface area contributed by atoms with Gasteiger partial charge in [-0.3, -0.25) is 14.5 Å². The summed E-state index contributed by atoms with van der Waals surface area (Å²) in [6.07, 6.45) is 0. The van der Waals surface area contributed by atoms with Gasteiger partial charge in [-0.25, -0.2) is 4.79 Å². The molecule has 0 spiro atoms. The zero-order valence-electron chi connectivity index (χ0n) is 10.1. The third-order valence-corrected chi connectivity index (χ3v) is 3.34. The highest BCUT2D eigenvalue weighted by molar-refractivity contribution is 6.21. The molecule has 0 radical (unpaired) electrons. The Labute approximate surface area is 104 Å². The molecule has 1 fully saturated rings. The molecule has 0 aromatic heterocycles. The molecule has 5 nitrogen and oxygen atoms in total. The molecule has 2 unspecified atom stereocenters. The van der Waals surface area contributed by atoms with Gasteiger partial charge in [0.25, 0.3) is 0 Å². The lowest BCUT2D eigenvalue weighted by atomic mass is 10.00. The summed E-state index contributed by atoms with van der Waals surface area (Å²) in [4.78, 5) is 35.7. The lowest BCUT2D eigenvalue weighted by Crippen LogP contribution is -2.30. The van der Waals surface area contributed by atoms with Crippen LogP contribution < -0.4 is 4.90 Å².